The van der Waals surface area contributed by atoms with Crippen molar-refractivity contribution >= 4 is 49.9 Å². The van der Waals surface area contributed by atoms with Gasteiger partial charge in [0.2, 0.25) is 0 Å². The van der Waals surface area contributed by atoms with Crippen LogP contribution in [0.1, 0.15) is 5.56 Å². The number of hydrogen-bond donors (Lipinski definition) is 0. The second-order valence-corrected chi connectivity index (χ2v) is 6.01. The quantitative estimate of drug-likeness (QED) is 0.527. The Morgan fingerprint density at radius 3 is 2.62 bits per heavy atom. The Bertz CT molecular complexity index is 807. The summed E-state index contributed by atoms with van der Waals surface area (Å²) in [6.07, 6.45) is 0. The number of aromatic nitrogens is 1. The first-order chi connectivity index (χ1) is 10.1. The lowest BCUT2D eigenvalue weighted by atomic mass is 10.1. The third kappa shape index (κ3) is 3.15. The molecule has 0 saturated carbocycles. The predicted octanol–water partition coefficient (Wildman–Crippen LogP) is 5.88. The SMILES string of the molecule is Clc1ccc(COc2ccc3ccccc3c2Br)c(Cl)n1. The lowest BCUT2D eigenvalue weighted by molar-refractivity contribution is 0.304. The van der Waals surface area contributed by atoms with E-state index < -0.39 is 0 Å². The first kappa shape index (κ1) is 14.6. The van der Waals surface area contributed by atoms with Gasteiger partial charge in [0.25, 0.3) is 0 Å². The summed E-state index contributed by atoms with van der Waals surface area (Å²) in [6, 6.07) is 15.6. The van der Waals surface area contributed by atoms with Crippen molar-refractivity contribution in [2.75, 3.05) is 0 Å². The van der Waals surface area contributed by atoms with Gasteiger partial charge in [-0.2, -0.15) is 0 Å². The zero-order chi connectivity index (χ0) is 14.8. The molecule has 0 unspecified atom stereocenters. The Balaban J connectivity index is 1.87. The van der Waals surface area contributed by atoms with Gasteiger partial charge in [0.1, 0.15) is 22.7 Å². The molecule has 1 aromatic heterocycles. The van der Waals surface area contributed by atoms with Crippen LogP contribution in [0, 0.1) is 0 Å². The standard InChI is InChI=1S/C16H10BrCl2NO/c17-15-12-4-2-1-3-10(12)5-7-13(15)21-9-11-6-8-14(18)20-16(11)19/h1-8H,9H2. The van der Waals surface area contributed by atoms with Gasteiger partial charge in [0, 0.05) is 5.56 Å². The Labute approximate surface area is 140 Å². The molecule has 2 aromatic carbocycles. The molecule has 106 valence electrons. The summed E-state index contributed by atoms with van der Waals surface area (Å²) in [6.45, 7) is 0.333. The van der Waals surface area contributed by atoms with Crippen molar-refractivity contribution < 1.29 is 4.74 Å². The van der Waals surface area contributed by atoms with Crippen LogP contribution >= 0.6 is 39.1 Å². The van der Waals surface area contributed by atoms with Gasteiger partial charge in [0.05, 0.1) is 4.47 Å². The monoisotopic (exact) mass is 381 g/mol. The molecule has 0 aliphatic rings. The summed E-state index contributed by atoms with van der Waals surface area (Å²) < 4.78 is 6.77. The van der Waals surface area contributed by atoms with Crippen molar-refractivity contribution in [2.24, 2.45) is 0 Å². The largest absolute Gasteiger partial charge is 0.488 e. The van der Waals surface area contributed by atoms with E-state index in [0.717, 1.165) is 26.6 Å². The average molecular weight is 383 g/mol. The topological polar surface area (TPSA) is 22.1 Å². The van der Waals surface area contributed by atoms with E-state index in [2.05, 4.69) is 27.0 Å². The van der Waals surface area contributed by atoms with Crippen LogP contribution in [0.2, 0.25) is 10.3 Å². The van der Waals surface area contributed by atoms with Gasteiger partial charge in [-0.1, -0.05) is 53.5 Å². The highest BCUT2D eigenvalue weighted by Gasteiger charge is 2.08. The maximum Gasteiger partial charge on any atom is 0.137 e. The van der Waals surface area contributed by atoms with Gasteiger partial charge in [-0.25, -0.2) is 4.98 Å². The van der Waals surface area contributed by atoms with E-state index in [0.29, 0.717) is 16.9 Å². The molecule has 0 N–H and O–H groups in total. The number of rotatable bonds is 3. The van der Waals surface area contributed by atoms with E-state index in [4.69, 9.17) is 27.9 Å². The molecule has 1 heterocycles. The van der Waals surface area contributed by atoms with Crippen molar-refractivity contribution in [1.29, 1.82) is 0 Å². The van der Waals surface area contributed by atoms with Gasteiger partial charge in [-0.3, -0.25) is 0 Å². The number of ether oxygens (including phenoxy) is 1. The van der Waals surface area contributed by atoms with Gasteiger partial charge in [-0.15, -0.1) is 0 Å². The van der Waals surface area contributed by atoms with Crippen LogP contribution in [-0.4, -0.2) is 4.98 Å². The average Bonchev–Trinajstić information content (AvgIpc) is 2.48. The maximum absolute atomic E-state index is 6.04. The van der Waals surface area contributed by atoms with Crippen LogP contribution in [0.5, 0.6) is 5.75 Å². The molecule has 0 amide bonds. The molecule has 0 spiro atoms. The Morgan fingerprint density at radius 1 is 1.00 bits per heavy atom. The number of fused-ring (bicyclic) bond motifs is 1. The normalized spacial score (nSPS) is 10.8. The lowest BCUT2D eigenvalue weighted by Gasteiger charge is -2.11. The second-order valence-electron chi connectivity index (χ2n) is 4.47. The highest BCUT2D eigenvalue weighted by Crippen LogP contribution is 2.33. The van der Waals surface area contributed by atoms with Crippen LogP contribution in [0.4, 0.5) is 0 Å². The summed E-state index contributed by atoms with van der Waals surface area (Å²) in [5, 5.41) is 2.99. The lowest BCUT2D eigenvalue weighted by Crippen LogP contribution is -1.98. The fraction of sp³-hybridized carbons (Fsp3) is 0.0625. The summed E-state index contributed by atoms with van der Waals surface area (Å²) >= 11 is 15.4. The smallest absolute Gasteiger partial charge is 0.137 e. The second kappa shape index (κ2) is 6.22. The maximum atomic E-state index is 6.04. The predicted molar refractivity (Wildman–Crippen MR) is 90.2 cm³/mol. The van der Waals surface area contributed by atoms with E-state index in [1.807, 2.05) is 36.4 Å². The van der Waals surface area contributed by atoms with Crippen LogP contribution in [0.15, 0.2) is 53.0 Å². The molecule has 3 aromatic rings. The van der Waals surface area contributed by atoms with Crippen molar-refractivity contribution in [2.45, 2.75) is 6.61 Å². The van der Waals surface area contributed by atoms with Crippen molar-refractivity contribution in [3.63, 3.8) is 0 Å². The van der Waals surface area contributed by atoms with Crippen LogP contribution in [0.3, 0.4) is 0 Å². The van der Waals surface area contributed by atoms with E-state index in [1.54, 1.807) is 6.07 Å². The summed E-state index contributed by atoms with van der Waals surface area (Å²) in [7, 11) is 0. The molecule has 0 saturated heterocycles. The summed E-state index contributed by atoms with van der Waals surface area (Å²) in [4.78, 5) is 4.00. The molecular weight excluding hydrogens is 373 g/mol. The Morgan fingerprint density at radius 2 is 1.81 bits per heavy atom. The third-order valence-electron chi connectivity index (χ3n) is 3.10. The number of hydrogen-bond acceptors (Lipinski definition) is 2. The van der Waals surface area contributed by atoms with Gasteiger partial charge in [0.15, 0.2) is 0 Å². The van der Waals surface area contributed by atoms with Crippen molar-refractivity contribution in [3.05, 3.63) is 68.9 Å². The minimum absolute atomic E-state index is 0.333. The molecule has 0 aliphatic carbocycles. The molecular formula is C16H10BrCl2NO. The molecule has 0 atom stereocenters. The molecule has 21 heavy (non-hydrogen) atoms. The molecule has 5 heteroatoms. The number of halogens is 3. The molecule has 0 bridgehead atoms. The van der Waals surface area contributed by atoms with Crippen LogP contribution in [-0.2, 0) is 6.61 Å². The number of nitrogens with zero attached hydrogens (tertiary/aromatic N) is 1. The van der Waals surface area contributed by atoms with Gasteiger partial charge >= 0.3 is 0 Å². The zero-order valence-corrected chi connectivity index (χ0v) is 13.9. The number of benzene rings is 2. The summed E-state index contributed by atoms with van der Waals surface area (Å²) in [5.41, 5.74) is 0.793. The van der Waals surface area contributed by atoms with E-state index >= 15 is 0 Å². The number of pyridine rings is 1. The highest BCUT2D eigenvalue weighted by molar-refractivity contribution is 9.10. The minimum Gasteiger partial charge on any atom is -0.488 e. The first-order valence-corrected chi connectivity index (χ1v) is 7.81. The minimum atomic E-state index is 0.333. The molecule has 0 aliphatic heterocycles. The summed E-state index contributed by atoms with van der Waals surface area (Å²) in [5.74, 6) is 0.764. The van der Waals surface area contributed by atoms with Crippen molar-refractivity contribution in [1.82, 2.24) is 4.98 Å². The highest BCUT2D eigenvalue weighted by atomic mass is 79.9. The van der Waals surface area contributed by atoms with E-state index in [9.17, 15) is 0 Å². The Hall–Kier alpha value is -1.29. The fourth-order valence-electron chi connectivity index (χ4n) is 2.03. The Kier molecular flexibility index (Phi) is 4.34. The van der Waals surface area contributed by atoms with Crippen LogP contribution in [0.25, 0.3) is 10.8 Å². The van der Waals surface area contributed by atoms with Gasteiger partial charge < -0.3 is 4.74 Å². The molecule has 0 radical (unpaired) electrons. The van der Waals surface area contributed by atoms with Crippen molar-refractivity contribution in [3.8, 4) is 5.75 Å². The van der Waals surface area contributed by atoms with E-state index in [1.165, 1.54) is 0 Å². The van der Waals surface area contributed by atoms with E-state index in [-0.39, 0.29) is 0 Å². The molecule has 2 nitrogen and oxygen atoms in total. The van der Waals surface area contributed by atoms with Gasteiger partial charge in [-0.05, 0) is 44.9 Å². The first-order valence-electron chi connectivity index (χ1n) is 6.26. The fourth-order valence-corrected chi connectivity index (χ4v) is 3.04. The zero-order valence-electron chi connectivity index (χ0n) is 10.8. The molecule has 0 fully saturated rings. The van der Waals surface area contributed by atoms with Crippen LogP contribution < -0.4 is 4.74 Å². The third-order valence-corrected chi connectivity index (χ3v) is 4.46. The molecule has 3 rings (SSSR count).